The third kappa shape index (κ3) is 4.84. The van der Waals surface area contributed by atoms with E-state index in [2.05, 4.69) is 27.1 Å². The molecule has 3 aromatic rings. The first-order chi connectivity index (χ1) is 14.0. The summed E-state index contributed by atoms with van der Waals surface area (Å²) < 4.78 is 5.21. The molecule has 29 heavy (non-hydrogen) atoms. The van der Waals surface area contributed by atoms with Gasteiger partial charge in [0.15, 0.2) is 5.65 Å². The number of nitrogens with one attached hydrogen (secondary N) is 1. The van der Waals surface area contributed by atoms with Crippen molar-refractivity contribution in [2.45, 2.75) is 26.3 Å². The molecule has 0 aliphatic carbocycles. The number of fused-ring (bicyclic) bond motifs is 1. The first-order valence-electron chi connectivity index (χ1n) is 9.38. The molecule has 0 saturated heterocycles. The van der Waals surface area contributed by atoms with Crippen molar-refractivity contribution in [2.24, 2.45) is 0 Å². The Hall–Kier alpha value is -3.11. The normalized spacial score (nSPS) is 10.6. The van der Waals surface area contributed by atoms with Crippen LogP contribution in [0.1, 0.15) is 25.3 Å². The molecule has 0 fully saturated rings. The highest BCUT2D eigenvalue weighted by Crippen LogP contribution is 2.28. The molecule has 0 aliphatic heterocycles. The SMILES string of the molecule is [C-]#[N+]c1cnc2nc(N(C)CCCC)nc(NCc3ccc(OC)c(Cl)c3)c2c1. The number of halogens is 1. The lowest BCUT2D eigenvalue weighted by Crippen LogP contribution is -2.21. The molecule has 2 aromatic heterocycles. The number of rotatable bonds is 8. The van der Waals surface area contributed by atoms with Gasteiger partial charge in [0.05, 0.1) is 24.1 Å². The minimum absolute atomic E-state index is 0.448. The summed E-state index contributed by atoms with van der Waals surface area (Å²) in [5.74, 6) is 1.87. The number of unbranched alkanes of at least 4 members (excludes halogenated alkanes) is 1. The Morgan fingerprint density at radius 3 is 2.79 bits per heavy atom. The average Bonchev–Trinajstić information content (AvgIpc) is 2.75. The Labute approximate surface area is 175 Å². The van der Waals surface area contributed by atoms with Gasteiger partial charge in [-0.15, -0.1) is 0 Å². The molecule has 0 radical (unpaired) electrons. The number of pyridine rings is 1. The van der Waals surface area contributed by atoms with Gasteiger partial charge in [0.1, 0.15) is 11.6 Å². The number of hydrogen-bond donors (Lipinski definition) is 1. The second-order valence-corrected chi connectivity index (χ2v) is 7.05. The molecule has 0 bridgehead atoms. The number of aromatic nitrogens is 3. The van der Waals surface area contributed by atoms with Crippen molar-refractivity contribution >= 4 is 40.1 Å². The molecule has 0 atom stereocenters. The van der Waals surface area contributed by atoms with Gasteiger partial charge in [-0.05, 0) is 30.2 Å². The molecule has 0 spiro atoms. The highest BCUT2D eigenvalue weighted by atomic mass is 35.5. The van der Waals surface area contributed by atoms with Crippen molar-refractivity contribution < 1.29 is 4.74 Å². The summed E-state index contributed by atoms with van der Waals surface area (Å²) in [5.41, 5.74) is 1.99. The molecule has 0 amide bonds. The third-order valence-corrected chi connectivity index (χ3v) is 4.81. The number of hydrogen-bond acceptors (Lipinski definition) is 6. The van der Waals surface area contributed by atoms with Crippen LogP contribution in [-0.2, 0) is 6.54 Å². The lowest BCUT2D eigenvalue weighted by atomic mass is 10.2. The lowest BCUT2D eigenvalue weighted by Gasteiger charge is -2.18. The molecule has 3 rings (SSSR count). The van der Waals surface area contributed by atoms with Crippen LogP contribution in [0.2, 0.25) is 5.02 Å². The van der Waals surface area contributed by atoms with Crippen molar-refractivity contribution in [1.29, 1.82) is 0 Å². The molecule has 2 heterocycles. The second kappa shape index (κ2) is 9.39. The standard InChI is InChI=1S/C21H23ClN6O/c1-5-6-9-28(3)21-26-19(16-11-15(23-2)13-25-20(16)27-21)24-12-14-7-8-18(29-4)17(22)10-14/h7-8,10-11,13H,5-6,9,12H2,1,3-4H3,(H,24,25,26,27). The van der Waals surface area contributed by atoms with Gasteiger partial charge in [-0.1, -0.05) is 31.0 Å². The first kappa shape index (κ1) is 20.6. The van der Waals surface area contributed by atoms with Gasteiger partial charge in [0.2, 0.25) is 11.6 Å². The predicted octanol–water partition coefficient (Wildman–Crippen LogP) is 5.09. The number of ether oxygens (including phenoxy) is 1. The molecule has 7 nitrogen and oxygen atoms in total. The zero-order chi connectivity index (χ0) is 20.8. The first-order valence-corrected chi connectivity index (χ1v) is 9.76. The molecule has 0 unspecified atom stereocenters. The summed E-state index contributed by atoms with van der Waals surface area (Å²) in [6.07, 6.45) is 3.67. The van der Waals surface area contributed by atoms with Crippen LogP contribution in [0.4, 0.5) is 17.5 Å². The van der Waals surface area contributed by atoms with Crippen LogP contribution in [0.15, 0.2) is 30.5 Å². The van der Waals surface area contributed by atoms with Gasteiger partial charge in [-0.3, -0.25) is 0 Å². The van der Waals surface area contributed by atoms with Gasteiger partial charge >= 0.3 is 0 Å². The Morgan fingerprint density at radius 2 is 2.10 bits per heavy atom. The topological polar surface area (TPSA) is 67.5 Å². The van der Waals surface area contributed by atoms with E-state index in [9.17, 15) is 0 Å². The van der Waals surface area contributed by atoms with E-state index < -0.39 is 0 Å². The van der Waals surface area contributed by atoms with Crippen molar-refractivity contribution in [1.82, 2.24) is 15.0 Å². The van der Waals surface area contributed by atoms with Crippen LogP contribution >= 0.6 is 11.6 Å². The van der Waals surface area contributed by atoms with E-state index in [4.69, 9.17) is 27.9 Å². The minimum Gasteiger partial charge on any atom is -0.495 e. The monoisotopic (exact) mass is 410 g/mol. The fourth-order valence-corrected chi connectivity index (χ4v) is 3.14. The third-order valence-electron chi connectivity index (χ3n) is 4.52. The zero-order valence-electron chi connectivity index (χ0n) is 16.7. The summed E-state index contributed by atoms with van der Waals surface area (Å²) >= 11 is 6.23. The maximum absolute atomic E-state index is 7.26. The van der Waals surface area contributed by atoms with Gasteiger partial charge in [-0.25, -0.2) is 9.83 Å². The van der Waals surface area contributed by atoms with Crippen LogP contribution in [0, 0.1) is 6.57 Å². The molecule has 0 aliphatic rings. The highest BCUT2D eigenvalue weighted by Gasteiger charge is 2.13. The smallest absolute Gasteiger partial charge is 0.229 e. The van der Waals surface area contributed by atoms with E-state index in [1.807, 2.05) is 30.1 Å². The maximum Gasteiger partial charge on any atom is 0.229 e. The van der Waals surface area contributed by atoms with E-state index >= 15 is 0 Å². The number of nitrogens with zero attached hydrogens (tertiary/aromatic N) is 5. The van der Waals surface area contributed by atoms with Gasteiger partial charge in [0, 0.05) is 26.3 Å². The van der Waals surface area contributed by atoms with E-state index in [-0.39, 0.29) is 0 Å². The van der Waals surface area contributed by atoms with E-state index in [1.165, 1.54) is 6.20 Å². The molecular formula is C21H23ClN6O. The Kier molecular flexibility index (Phi) is 6.68. The fourth-order valence-electron chi connectivity index (χ4n) is 2.86. The van der Waals surface area contributed by atoms with E-state index in [0.717, 1.165) is 24.9 Å². The van der Waals surface area contributed by atoms with Crippen LogP contribution < -0.4 is 15.0 Å². The summed E-state index contributed by atoms with van der Waals surface area (Å²) in [5, 5.41) is 4.62. The molecule has 8 heteroatoms. The van der Waals surface area contributed by atoms with Crippen LogP contribution in [0.25, 0.3) is 15.9 Å². The van der Waals surface area contributed by atoms with Gasteiger partial charge in [0.25, 0.3) is 0 Å². The molecule has 1 aromatic carbocycles. The number of anilines is 2. The summed E-state index contributed by atoms with van der Waals surface area (Å²) in [7, 11) is 3.56. The van der Waals surface area contributed by atoms with Crippen LogP contribution in [-0.4, -0.2) is 35.7 Å². The summed E-state index contributed by atoms with van der Waals surface area (Å²) in [6.45, 7) is 10.8. The molecule has 150 valence electrons. The second-order valence-electron chi connectivity index (χ2n) is 6.65. The zero-order valence-corrected chi connectivity index (χ0v) is 17.5. The summed E-state index contributed by atoms with van der Waals surface area (Å²) in [4.78, 5) is 19.1. The van der Waals surface area contributed by atoms with Gasteiger partial charge in [-0.2, -0.15) is 9.97 Å². The van der Waals surface area contributed by atoms with Gasteiger partial charge < -0.3 is 15.0 Å². The Balaban J connectivity index is 1.94. The van der Waals surface area contributed by atoms with Crippen LogP contribution in [0.3, 0.4) is 0 Å². The Morgan fingerprint density at radius 1 is 1.28 bits per heavy atom. The predicted molar refractivity (Wildman–Crippen MR) is 117 cm³/mol. The quantitative estimate of drug-likeness (QED) is 0.522. The minimum atomic E-state index is 0.448. The van der Waals surface area contributed by atoms with Crippen molar-refractivity contribution in [2.75, 3.05) is 30.9 Å². The summed E-state index contributed by atoms with van der Waals surface area (Å²) in [6, 6.07) is 7.39. The van der Waals surface area contributed by atoms with E-state index in [0.29, 0.717) is 45.8 Å². The lowest BCUT2D eigenvalue weighted by molar-refractivity contribution is 0.415. The van der Waals surface area contributed by atoms with Crippen molar-refractivity contribution in [3.8, 4) is 5.75 Å². The van der Waals surface area contributed by atoms with Crippen molar-refractivity contribution in [3.63, 3.8) is 0 Å². The van der Waals surface area contributed by atoms with Crippen molar-refractivity contribution in [3.05, 3.63) is 52.5 Å². The highest BCUT2D eigenvalue weighted by molar-refractivity contribution is 6.32. The number of methoxy groups -OCH3 is 1. The Bertz CT molecular complexity index is 1050. The average molecular weight is 411 g/mol. The molecule has 0 saturated carbocycles. The number of benzene rings is 1. The fraction of sp³-hybridized carbons (Fsp3) is 0.333. The van der Waals surface area contributed by atoms with Crippen LogP contribution in [0.5, 0.6) is 5.75 Å². The molecular weight excluding hydrogens is 388 g/mol. The van der Waals surface area contributed by atoms with E-state index in [1.54, 1.807) is 13.2 Å². The molecule has 1 N–H and O–H groups in total. The largest absolute Gasteiger partial charge is 0.495 e. The maximum atomic E-state index is 7.26.